The lowest BCUT2D eigenvalue weighted by atomic mass is 10.4. The van der Waals surface area contributed by atoms with Gasteiger partial charge in [-0.1, -0.05) is 0 Å². The second-order valence-corrected chi connectivity index (χ2v) is 2.86. The second kappa shape index (κ2) is 4.13. The molecule has 0 aromatic carbocycles. The van der Waals surface area contributed by atoms with E-state index in [-0.39, 0.29) is 6.61 Å². The molecule has 0 amide bonds. The molecular weight excluding hydrogens is 168 g/mol. The zero-order valence-corrected chi connectivity index (χ0v) is 8.04. The highest BCUT2D eigenvalue weighted by Gasteiger charge is 2.11. The van der Waals surface area contributed by atoms with Gasteiger partial charge in [0.15, 0.2) is 5.82 Å². The largest absolute Gasteiger partial charge is 0.395 e. The maximum Gasteiger partial charge on any atom is 0.171 e. The highest BCUT2D eigenvalue weighted by molar-refractivity contribution is 5.58. The highest BCUT2D eigenvalue weighted by Crippen LogP contribution is 2.18. The highest BCUT2D eigenvalue weighted by atomic mass is 16.3. The number of hydrogen-bond acceptors (Lipinski definition) is 4. The molecule has 1 aromatic heterocycles. The van der Waals surface area contributed by atoms with Crippen LogP contribution in [-0.4, -0.2) is 34.8 Å². The van der Waals surface area contributed by atoms with E-state index in [1.54, 1.807) is 0 Å². The van der Waals surface area contributed by atoms with Gasteiger partial charge in [-0.25, -0.2) is 4.98 Å². The maximum absolute atomic E-state index is 8.81. The van der Waals surface area contributed by atoms with Gasteiger partial charge in [-0.2, -0.15) is 0 Å². The van der Waals surface area contributed by atoms with E-state index in [2.05, 4.69) is 9.97 Å². The van der Waals surface area contributed by atoms with E-state index in [9.17, 15) is 0 Å². The van der Waals surface area contributed by atoms with Crippen LogP contribution in [0.15, 0.2) is 0 Å². The van der Waals surface area contributed by atoms with Crippen molar-refractivity contribution in [1.82, 2.24) is 9.97 Å². The van der Waals surface area contributed by atoms with Crippen LogP contribution < -0.4 is 10.6 Å². The summed E-state index contributed by atoms with van der Waals surface area (Å²) >= 11 is 0. The number of anilines is 2. The van der Waals surface area contributed by atoms with E-state index in [1.165, 1.54) is 0 Å². The van der Waals surface area contributed by atoms with Crippen LogP contribution >= 0.6 is 0 Å². The number of aliphatic hydroxyl groups excluding tert-OH is 1. The SMILES string of the molecule is CCN(CCO)c1nc(C)[nH]c1N. The number of aromatic amines is 1. The first-order chi connectivity index (χ1) is 6.19. The Balaban J connectivity index is 2.83. The van der Waals surface area contributed by atoms with Crippen molar-refractivity contribution in [3.8, 4) is 0 Å². The van der Waals surface area contributed by atoms with Crippen LogP contribution in [-0.2, 0) is 0 Å². The Morgan fingerprint density at radius 2 is 2.31 bits per heavy atom. The normalized spacial score (nSPS) is 10.4. The van der Waals surface area contributed by atoms with Gasteiger partial charge in [-0.05, 0) is 13.8 Å². The quantitative estimate of drug-likeness (QED) is 0.621. The molecule has 1 aromatic rings. The summed E-state index contributed by atoms with van der Waals surface area (Å²) in [5, 5.41) is 8.81. The summed E-state index contributed by atoms with van der Waals surface area (Å²) in [7, 11) is 0. The van der Waals surface area contributed by atoms with Crippen molar-refractivity contribution in [2.75, 3.05) is 30.3 Å². The molecule has 1 rings (SSSR count). The third-order valence-electron chi connectivity index (χ3n) is 1.88. The summed E-state index contributed by atoms with van der Waals surface area (Å²) in [5.41, 5.74) is 5.71. The molecule has 0 aliphatic rings. The Kier molecular flexibility index (Phi) is 3.13. The number of nitrogen functional groups attached to an aromatic ring is 1. The first-order valence-electron chi connectivity index (χ1n) is 4.37. The summed E-state index contributed by atoms with van der Waals surface area (Å²) in [5.74, 6) is 2.09. The zero-order chi connectivity index (χ0) is 9.84. The van der Waals surface area contributed by atoms with Gasteiger partial charge in [-0.15, -0.1) is 0 Å². The molecule has 0 aliphatic carbocycles. The molecule has 0 aliphatic heterocycles. The van der Waals surface area contributed by atoms with Gasteiger partial charge in [0.1, 0.15) is 11.6 Å². The monoisotopic (exact) mass is 184 g/mol. The number of imidazole rings is 1. The molecule has 1 heterocycles. The smallest absolute Gasteiger partial charge is 0.171 e. The van der Waals surface area contributed by atoms with Crippen molar-refractivity contribution in [1.29, 1.82) is 0 Å². The van der Waals surface area contributed by atoms with Crippen LogP contribution in [0.1, 0.15) is 12.7 Å². The number of aryl methyl sites for hydroxylation is 1. The van der Waals surface area contributed by atoms with Crippen molar-refractivity contribution in [2.24, 2.45) is 0 Å². The van der Waals surface area contributed by atoms with E-state index in [4.69, 9.17) is 10.8 Å². The molecule has 0 spiro atoms. The van der Waals surface area contributed by atoms with Gasteiger partial charge < -0.3 is 20.7 Å². The number of nitrogens with one attached hydrogen (secondary N) is 1. The van der Waals surface area contributed by atoms with E-state index in [0.29, 0.717) is 12.4 Å². The van der Waals surface area contributed by atoms with Crippen LogP contribution in [0.3, 0.4) is 0 Å². The number of hydrogen-bond donors (Lipinski definition) is 3. The van der Waals surface area contributed by atoms with Gasteiger partial charge in [0.25, 0.3) is 0 Å². The van der Waals surface area contributed by atoms with Gasteiger partial charge in [0.2, 0.25) is 0 Å². The molecule has 0 saturated carbocycles. The molecule has 5 heteroatoms. The number of rotatable bonds is 4. The van der Waals surface area contributed by atoms with Crippen molar-refractivity contribution in [3.63, 3.8) is 0 Å². The van der Waals surface area contributed by atoms with Crippen LogP contribution in [0.25, 0.3) is 0 Å². The molecule has 0 atom stereocenters. The maximum atomic E-state index is 8.81. The molecule has 0 bridgehead atoms. The van der Waals surface area contributed by atoms with Crippen molar-refractivity contribution >= 4 is 11.6 Å². The lowest BCUT2D eigenvalue weighted by molar-refractivity contribution is 0.302. The van der Waals surface area contributed by atoms with Crippen LogP contribution in [0, 0.1) is 6.92 Å². The number of aromatic nitrogens is 2. The van der Waals surface area contributed by atoms with E-state index < -0.39 is 0 Å². The Morgan fingerprint density at radius 3 is 2.69 bits per heavy atom. The van der Waals surface area contributed by atoms with Gasteiger partial charge in [0.05, 0.1) is 6.61 Å². The third-order valence-corrected chi connectivity index (χ3v) is 1.88. The topological polar surface area (TPSA) is 78.2 Å². The fourth-order valence-electron chi connectivity index (χ4n) is 1.27. The molecule has 13 heavy (non-hydrogen) atoms. The van der Waals surface area contributed by atoms with E-state index in [1.807, 2.05) is 18.7 Å². The minimum atomic E-state index is 0.110. The molecule has 0 saturated heterocycles. The molecule has 0 radical (unpaired) electrons. The fraction of sp³-hybridized carbons (Fsp3) is 0.625. The fourth-order valence-corrected chi connectivity index (χ4v) is 1.27. The second-order valence-electron chi connectivity index (χ2n) is 2.86. The lowest BCUT2D eigenvalue weighted by Gasteiger charge is -2.19. The molecule has 0 unspecified atom stereocenters. The summed E-state index contributed by atoms with van der Waals surface area (Å²) in [6, 6.07) is 0. The molecule has 74 valence electrons. The van der Waals surface area contributed by atoms with E-state index >= 15 is 0 Å². The average Bonchev–Trinajstić information content (AvgIpc) is 2.41. The number of nitrogens with two attached hydrogens (primary N) is 1. The van der Waals surface area contributed by atoms with Gasteiger partial charge >= 0.3 is 0 Å². The minimum Gasteiger partial charge on any atom is -0.395 e. The Labute approximate surface area is 77.6 Å². The summed E-state index contributed by atoms with van der Waals surface area (Å²) in [6.07, 6.45) is 0. The lowest BCUT2D eigenvalue weighted by Crippen LogP contribution is -2.27. The summed E-state index contributed by atoms with van der Waals surface area (Å²) in [4.78, 5) is 9.09. The van der Waals surface area contributed by atoms with Gasteiger partial charge in [0, 0.05) is 13.1 Å². The zero-order valence-electron chi connectivity index (χ0n) is 8.04. The molecular formula is C8H16N4O. The standard InChI is InChI=1S/C8H16N4O/c1-3-12(4-5-13)8-7(9)10-6(2)11-8/h13H,3-5,9H2,1-2H3,(H,10,11). The van der Waals surface area contributed by atoms with E-state index in [0.717, 1.165) is 18.2 Å². The number of H-pyrrole nitrogens is 1. The first-order valence-corrected chi connectivity index (χ1v) is 4.37. The predicted molar refractivity (Wildman–Crippen MR) is 52.7 cm³/mol. The van der Waals surface area contributed by atoms with Crippen LogP contribution in [0.4, 0.5) is 11.6 Å². The average molecular weight is 184 g/mol. The van der Waals surface area contributed by atoms with Crippen molar-refractivity contribution in [2.45, 2.75) is 13.8 Å². The summed E-state index contributed by atoms with van der Waals surface area (Å²) in [6.45, 7) is 5.31. The van der Waals surface area contributed by atoms with Gasteiger partial charge in [-0.3, -0.25) is 0 Å². The third kappa shape index (κ3) is 2.12. The Hall–Kier alpha value is -1.23. The van der Waals surface area contributed by atoms with Crippen molar-refractivity contribution in [3.05, 3.63) is 5.82 Å². The van der Waals surface area contributed by atoms with Crippen molar-refractivity contribution < 1.29 is 5.11 Å². The Bertz CT molecular complexity index is 271. The van der Waals surface area contributed by atoms with Crippen LogP contribution in [0.5, 0.6) is 0 Å². The number of likely N-dealkylation sites (N-methyl/N-ethyl adjacent to an activating group) is 1. The Morgan fingerprint density at radius 1 is 1.62 bits per heavy atom. The molecule has 5 nitrogen and oxygen atoms in total. The number of aliphatic hydroxyl groups is 1. The first kappa shape index (κ1) is 9.85. The van der Waals surface area contributed by atoms with Crippen LogP contribution in [0.2, 0.25) is 0 Å². The number of nitrogens with zero attached hydrogens (tertiary/aromatic N) is 2. The predicted octanol–water partition coefficient (Wildman–Crippen LogP) is 0.119. The molecule has 0 fully saturated rings. The molecule has 4 N–H and O–H groups in total. The summed E-state index contributed by atoms with van der Waals surface area (Å²) < 4.78 is 0. The minimum absolute atomic E-state index is 0.110.